The average molecular weight is 365 g/mol. The van der Waals surface area contributed by atoms with Crippen molar-refractivity contribution in [3.05, 3.63) is 35.4 Å². The highest BCUT2D eigenvalue weighted by atomic mass is 16.5. The summed E-state index contributed by atoms with van der Waals surface area (Å²) < 4.78 is 6.00. The topological polar surface area (TPSA) is 55.4 Å². The summed E-state index contributed by atoms with van der Waals surface area (Å²) in [4.78, 5) is 24.6. The highest BCUT2D eigenvalue weighted by Gasteiger charge is 2.54. The van der Waals surface area contributed by atoms with E-state index in [4.69, 9.17) is 4.74 Å². The fourth-order valence-corrected chi connectivity index (χ4v) is 6.42. The number of rotatable bonds is 3. The maximum Gasteiger partial charge on any atom is 0.175 e. The molecule has 0 aromatic heterocycles. The van der Waals surface area contributed by atoms with Crippen molar-refractivity contribution in [1.82, 2.24) is 5.32 Å². The molecule has 0 radical (unpaired) electrons. The van der Waals surface area contributed by atoms with Crippen molar-refractivity contribution in [1.29, 1.82) is 0 Å². The molecule has 1 N–H and O–H groups in total. The molecule has 0 amide bonds. The van der Waals surface area contributed by atoms with Gasteiger partial charge in [0.05, 0.1) is 5.70 Å². The van der Waals surface area contributed by atoms with Crippen LogP contribution >= 0.6 is 0 Å². The summed E-state index contributed by atoms with van der Waals surface area (Å²) in [7, 11) is 0. The van der Waals surface area contributed by atoms with Crippen molar-refractivity contribution >= 4 is 17.8 Å². The molecule has 1 heterocycles. The summed E-state index contributed by atoms with van der Waals surface area (Å²) in [6, 6.07) is 5.41. The Kier molecular flexibility index (Phi) is 3.59. The lowest BCUT2D eigenvalue weighted by Crippen LogP contribution is -2.50. The third-order valence-electron chi connectivity index (χ3n) is 7.07. The molecule has 6 rings (SSSR count). The number of hydrogen-bond donors (Lipinski definition) is 1. The van der Waals surface area contributed by atoms with E-state index in [0.717, 1.165) is 54.6 Å². The molecular weight excluding hydrogens is 338 g/mol. The second-order valence-corrected chi connectivity index (χ2v) is 9.73. The van der Waals surface area contributed by atoms with E-state index in [2.05, 4.69) is 5.32 Å². The highest BCUT2D eigenvalue weighted by molar-refractivity contribution is 6.01. The molecule has 142 valence electrons. The number of hydrogen-bond acceptors (Lipinski definition) is 4. The number of nitrogens with one attached hydrogen (secondary N) is 1. The summed E-state index contributed by atoms with van der Waals surface area (Å²) in [6.07, 6.45) is 9.85. The molecule has 0 saturated heterocycles. The standard InChI is InChI=1S/C23H27NO3/c1-22(2)24-19(18-4-3-14(13-25)8-20(18)27-22)9-21(26)23-10-15-5-16(11-23)7-17(6-15)12-23/h3-4,8-9,13,15-17,24H,5-7,10-12H2,1-2H3/b19-9+. The molecule has 4 bridgehead atoms. The maximum atomic E-state index is 13.5. The van der Waals surface area contributed by atoms with Crippen LogP contribution in [0.25, 0.3) is 5.70 Å². The minimum Gasteiger partial charge on any atom is -0.468 e. The van der Waals surface area contributed by atoms with Crippen molar-refractivity contribution in [2.24, 2.45) is 23.2 Å². The molecule has 1 aromatic carbocycles. The first-order chi connectivity index (χ1) is 12.9. The van der Waals surface area contributed by atoms with Crippen LogP contribution in [-0.4, -0.2) is 17.8 Å². The van der Waals surface area contributed by atoms with Gasteiger partial charge in [-0.15, -0.1) is 0 Å². The Morgan fingerprint density at radius 3 is 2.33 bits per heavy atom. The molecule has 4 heteroatoms. The zero-order chi connectivity index (χ0) is 18.8. The number of carbonyl (C=O) groups excluding carboxylic acids is 2. The Bertz CT molecular complexity index is 816. The SMILES string of the molecule is CC1(C)N/C(=C/C(=O)C23CC4CC(CC(C4)C2)C3)c2ccc(C=O)cc2O1. The summed E-state index contributed by atoms with van der Waals surface area (Å²) in [5.74, 6) is 3.19. The number of ether oxygens (including phenoxy) is 1. The Hall–Kier alpha value is -2.10. The first-order valence-electron chi connectivity index (χ1n) is 10.2. The van der Waals surface area contributed by atoms with Gasteiger partial charge in [-0.1, -0.05) is 6.07 Å². The van der Waals surface area contributed by atoms with Gasteiger partial charge in [0.2, 0.25) is 0 Å². The van der Waals surface area contributed by atoms with Crippen molar-refractivity contribution in [3.63, 3.8) is 0 Å². The van der Waals surface area contributed by atoms with E-state index in [1.54, 1.807) is 12.1 Å². The van der Waals surface area contributed by atoms with Crippen LogP contribution in [0.3, 0.4) is 0 Å². The first-order valence-corrected chi connectivity index (χ1v) is 10.2. The monoisotopic (exact) mass is 365 g/mol. The summed E-state index contributed by atoms with van der Waals surface area (Å²) in [5.41, 5.74) is 1.49. The molecule has 0 atom stereocenters. The van der Waals surface area contributed by atoms with E-state index >= 15 is 0 Å². The molecule has 4 saturated carbocycles. The second-order valence-electron chi connectivity index (χ2n) is 9.73. The van der Waals surface area contributed by atoms with Crippen LogP contribution in [-0.2, 0) is 4.79 Å². The van der Waals surface area contributed by atoms with E-state index < -0.39 is 5.72 Å². The number of benzene rings is 1. The molecule has 4 fully saturated rings. The molecule has 4 nitrogen and oxygen atoms in total. The lowest BCUT2D eigenvalue weighted by atomic mass is 9.48. The van der Waals surface area contributed by atoms with Crippen LogP contribution in [0, 0.1) is 23.2 Å². The minimum atomic E-state index is -0.623. The molecule has 0 unspecified atom stereocenters. The van der Waals surface area contributed by atoms with E-state index in [0.29, 0.717) is 11.3 Å². The van der Waals surface area contributed by atoms with Gasteiger partial charge in [-0.25, -0.2) is 0 Å². The number of carbonyl (C=O) groups is 2. The normalized spacial score (nSPS) is 36.7. The van der Waals surface area contributed by atoms with E-state index in [1.165, 1.54) is 19.3 Å². The number of allylic oxidation sites excluding steroid dienone is 1. The van der Waals surface area contributed by atoms with Gasteiger partial charge in [0.25, 0.3) is 0 Å². The lowest BCUT2D eigenvalue weighted by molar-refractivity contribution is -0.138. The average Bonchev–Trinajstić information content (AvgIpc) is 2.59. The van der Waals surface area contributed by atoms with Gasteiger partial charge in [0.1, 0.15) is 12.0 Å². The van der Waals surface area contributed by atoms with Gasteiger partial charge in [-0.3, -0.25) is 9.59 Å². The molecular formula is C23H27NO3. The van der Waals surface area contributed by atoms with Crippen molar-refractivity contribution in [2.75, 3.05) is 0 Å². The van der Waals surface area contributed by atoms with E-state index in [9.17, 15) is 9.59 Å². The van der Waals surface area contributed by atoms with Gasteiger partial charge in [0.15, 0.2) is 11.5 Å². The van der Waals surface area contributed by atoms with Crippen molar-refractivity contribution in [2.45, 2.75) is 58.1 Å². The van der Waals surface area contributed by atoms with Crippen LogP contribution in [0.1, 0.15) is 68.3 Å². The van der Waals surface area contributed by atoms with E-state index in [-0.39, 0.29) is 11.2 Å². The Labute approximate surface area is 160 Å². The largest absolute Gasteiger partial charge is 0.468 e. The molecule has 27 heavy (non-hydrogen) atoms. The Balaban J connectivity index is 1.51. The first kappa shape index (κ1) is 17.0. The van der Waals surface area contributed by atoms with Crippen LogP contribution in [0.2, 0.25) is 0 Å². The van der Waals surface area contributed by atoms with E-state index in [1.807, 2.05) is 26.0 Å². The molecule has 4 aliphatic carbocycles. The van der Waals surface area contributed by atoms with Crippen LogP contribution in [0.15, 0.2) is 24.3 Å². The van der Waals surface area contributed by atoms with Crippen LogP contribution < -0.4 is 10.1 Å². The smallest absolute Gasteiger partial charge is 0.175 e. The third kappa shape index (κ3) is 2.81. The molecule has 0 spiro atoms. The number of ketones is 1. The van der Waals surface area contributed by atoms with Crippen molar-refractivity contribution < 1.29 is 14.3 Å². The van der Waals surface area contributed by atoms with Gasteiger partial charge in [-0.2, -0.15) is 0 Å². The number of fused-ring (bicyclic) bond motifs is 1. The van der Waals surface area contributed by atoms with Gasteiger partial charge >= 0.3 is 0 Å². The number of aldehydes is 1. The highest BCUT2D eigenvalue weighted by Crippen LogP contribution is 2.60. The third-order valence-corrected chi connectivity index (χ3v) is 7.07. The maximum absolute atomic E-state index is 13.5. The lowest BCUT2D eigenvalue weighted by Gasteiger charge is -2.55. The predicted octanol–water partition coefficient (Wildman–Crippen LogP) is 4.34. The fourth-order valence-electron chi connectivity index (χ4n) is 6.42. The molecule has 1 aliphatic heterocycles. The summed E-state index contributed by atoms with van der Waals surface area (Å²) >= 11 is 0. The molecule has 5 aliphatic rings. The quantitative estimate of drug-likeness (QED) is 0.639. The fraction of sp³-hybridized carbons (Fsp3) is 0.565. The predicted molar refractivity (Wildman–Crippen MR) is 103 cm³/mol. The summed E-state index contributed by atoms with van der Waals surface area (Å²) in [6.45, 7) is 3.87. The Morgan fingerprint density at radius 1 is 1.11 bits per heavy atom. The van der Waals surface area contributed by atoms with Crippen molar-refractivity contribution in [3.8, 4) is 5.75 Å². The van der Waals surface area contributed by atoms with Gasteiger partial charge in [0, 0.05) is 22.6 Å². The minimum absolute atomic E-state index is 0.144. The molecule has 1 aromatic rings. The van der Waals surface area contributed by atoms with Gasteiger partial charge in [-0.05, 0) is 82.3 Å². The van der Waals surface area contributed by atoms with Crippen LogP contribution in [0.4, 0.5) is 0 Å². The van der Waals surface area contributed by atoms with Gasteiger partial charge < -0.3 is 10.1 Å². The zero-order valence-electron chi connectivity index (χ0n) is 16.1. The summed E-state index contributed by atoms with van der Waals surface area (Å²) in [5, 5.41) is 3.38. The zero-order valence-corrected chi connectivity index (χ0v) is 16.1. The second kappa shape index (κ2) is 5.70. The Morgan fingerprint density at radius 2 is 1.74 bits per heavy atom. The van der Waals surface area contributed by atoms with Crippen LogP contribution in [0.5, 0.6) is 5.75 Å².